The molecular formula is C10H11NO3S. The van der Waals surface area contributed by atoms with Crippen LogP contribution in [0.2, 0.25) is 0 Å². The summed E-state index contributed by atoms with van der Waals surface area (Å²) in [6.45, 7) is 1.59. The van der Waals surface area contributed by atoms with Crippen LogP contribution in [-0.4, -0.2) is 20.7 Å². The van der Waals surface area contributed by atoms with E-state index in [2.05, 4.69) is 0 Å². The third kappa shape index (κ3) is 1.43. The van der Waals surface area contributed by atoms with Crippen LogP contribution < -0.4 is 0 Å². The number of benzene rings is 1. The van der Waals surface area contributed by atoms with Crippen LogP contribution in [0.4, 0.5) is 0 Å². The molecule has 1 aliphatic rings. The monoisotopic (exact) mass is 225 g/mol. The highest BCUT2D eigenvalue weighted by molar-refractivity contribution is 7.79. The van der Waals surface area contributed by atoms with Crippen molar-refractivity contribution in [2.45, 2.75) is 12.7 Å². The molecule has 1 amide bonds. The van der Waals surface area contributed by atoms with Gasteiger partial charge in [-0.1, -0.05) is 18.2 Å². The van der Waals surface area contributed by atoms with Gasteiger partial charge in [0, 0.05) is 0 Å². The molecule has 0 radical (unpaired) electrons. The van der Waals surface area contributed by atoms with Gasteiger partial charge in [0.2, 0.25) is 11.0 Å². The number of hydrogen-bond donors (Lipinski definition) is 0. The van der Waals surface area contributed by atoms with Crippen LogP contribution in [0.25, 0.3) is 0 Å². The Balaban J connectivity index is 2.57. The third-order valence-electron chi connectivity index (χ3n) is 2.58. The maximum atomic E-state index is 12.0. The topological polar surface area (TPSA) is 57.2 Å². The quantitative estimate of drug-likeness (QED) is 0.535. The molecule has 2 atom stereocenters. The minimum Gasteiger partial charge on any atom is -0.610 e. The van der Waals surface area contributed by atoms with Crippen LogP contribution in [0.5, 0.6) is 0 Å². The van der Waals surface area contributed by atoms with Crippen LogP contribution in [0, 0.1) is 5.21 Å². The molecule has 15 heavy (non-hydrogen) atoms. The molecule has 0 saturated heterocycles. The third-order valence-corrected chi connectivity index (χ3v) is 4.22. The maximum absolute atomic E-state index is 12.0. The molecule has 0 fully saturated rings. The molecule has 0 bridgehead atoms. The Bertz CT molecular complexity index is 446. The van der Waals surface area contributed by atoms with Crippen molar-refractivity contribution in [2.75, 3.05) is 6.54 Å². The number of quaternary nitrogens is 1. The van der Waals surface area contributed by atoms with Gasteiger partial charge in [0.15, 0.2) is 0 Å². The van der Waals surface area contributed by atoms with E-state index >= 15 is 0 Å². The number of carbonyl (C=O) groups is 1. The van der Waals surface area contributed by atoms with Gasteiger partial charge in [-0.2, -0.15) is 4.21 Å². The van der Waals surface area contributed by atoms with Crippen molar-refractivity contribution in [2.24, 2.45) is 0 Å². The lowest BCUT2D eigenvalue weighted by Gasteiger charge is -2.38. The van der Waals surface area contributed by atoms with E-state index in [1.807, 2.05) is 0 Å². The predicted molar refractivity (Wildman–Crippen MR) is 56.8 cm³/mol. The summed E-state index contributed by atoms with van der Waals surface area (Å²) in [5.74, 6) is -0.420. The molecule has 1 aliphatic heterocycles. The second-order valence-electron chi connectivity index (χ2n) is 3.42. The van der Waals surface area contributed by atoms with Gasteiger partial charge in [-0.05, 0) is 18.6 Å². The maximum Gasteiger partial charge on any atom is 0.359 e. The fourth-order valence-corrected chi connectivity index (χ4v) is 2.95. The molecule has 1 aromatic rings. The summed E-state index contributed by atoms with van der Waals surface area (Å²) in [7, 11) is -1.70. The van der Waals surface area contributed by atoms with Gasteiger partial charge in [0.05, 0.1) is 12.1 Å². The van der Waals surface area contributed by atoms with Gasteiger partial charge in [-0.3, -0.25) is 0 Å². The number of rotatable bonds is 1. The smallest absolute Gasteiger partial charge is 0.359 e. The minimum atomic E-state index is -1.70. The lowest BCUT2D eigenvalue weighted by Crippen LogP contribution is -2.52. The number of fused-ring (bicyclic) bond motifs is 1. The molecule has 2 rings (SSSR count). The van der Waals surface area contributed by atoms with Crippen molar-refractivity contribution in [1.29, 1.82) is 0 Å². The summed E-state index contributed by atoms with van der Waals surface area (Å²) in [4.78, 5) is 11.8. The van der Waals surface area contributed by atoms with Crippen molar-refractivity contribution >= 4 is 16.9 Å². The van der Waals surface area contributed by atoms with Gasteiger partial charge in [-0.15, -0.1) is 0 Å². The second-order valence-corrected chi connectivity index (χ2v) is 4.94. The predicted octanol–water partition coefficient (Wildman–Crippen LogP) is 1.34. The van der Waals surface area contributed by atoms with Crippen molar-refractivity contribution in [1.82, 2.24) is 0 Å². The van der Waals surface area contributed by atoms with Gasteiger partial charge in [0.25, 0.3) is 0 Å². The Morgan fingerprint density at radius 2 is 2.13 bits per heavy atom. The highest BCUT2D eigenvalue weighted by atomic mass is 32.2. The molecule has 80 valence electrons. The molecule has 1 heterocycles. The van der Waals surface area contributed by atoms with Crippen molar-refractivity contribution in [3.63, 3.8) is 0 Å². The number of hydroxylamine groups is 2. The number of nitrogens with zero attached hydrogens (tertiary/aromatic N) is 1. The van der Waals surface area contributed by atoms with Crippen LogP contribution in [0.3, 0.4) is 0 Å². The molecule has 0 aliphatic carbocycles. The molecule has 2 unspecified atom stereocenters. The minimum absolute atomic E-state index is 0.0137. The zero-order valence-corrected chi connectivity index (χ0v) is 9.12. The Morgan fingerprint density at radius 1 is 1.47 bits per heavy atom. The van der Waals surface area contributed by atoms with Crippen molar-refractivity contribution in [3.05, 3.63) is 40.6 Å². The van der Waals surface area contributed by atoms with Gasteiger partial charge in [0.1, 0.15) is 5.75 Å². The van der Waals surface area contributed by atoms with Crippen LogP contribution in [0.15, 0.2) is 24.3 Å². The molecule has 0 saturated carbocycles. The van der Waals surface area contributed by atoms with Crippen LogP contribution in [-0.2, 0) is 16.7 Å². The average Bonchev–Trinajstić information content (AvgIpc) is 2.26. The van der Waals surface area contributed by atoms with E-state index in [0.717, 1.165) is 0 Å². The summed E-state index contributed by atoms with van der Waals surface area (Å²) >= 11 is 0. The van der Waals surface area contributed by atoms with E-state index in [-0.39, 0.29) is 12.3 Å². The molecule has 5 heteroatoms. The summed E-state index contributed by atoms with van der Waals surface area (Å²) in [6, 6.07) is 6.85. The van der Waals surface area contributed by atoms with E-state index in [9.17, 15) is 14.2 Å². The fourth-order valence-electron chi connectivity index (χ4n) is 1.66. The van der Waals surface area contributed by atoms with E-state index < -0.39 is 20.9 Å². The van der Waals surface area contributed by atoms with Crippen molar-refractivity contribution in [3.8, 4) is 0 Å². The summed E-state index contributed by atoms with van der Waals surface area (Å²) < 4.78 is 10.4. The number of amides is 1. The lowest BCUT2D eigenvalue weighted by molar-refractivity contribution is -0.655. The summed E-state index contributed by atoms with van der Waals surface area (Å²) in [5, 5.41) is 12.0. The Labute approximate surface area is 90.3 Å². The average molecular weight is 225 g/mol. The summed E-state index contributed by atoms with van der Waals surface area (Å²) in [5.41, 5.74) is 1.12. The first kappa shape index (κ1) is 10.5. The van der Waals surface area contributed by atoms with Gasteiger partial charge >= 0.3 is 5.91 Å². The fraction of sp³-hybridized carbons (Fsp3) is 0.300. The first-order chi connectivity index (χ1) is 7.09. The first-order valence-corrected chi connectivity index (χ1v) is 5.98. The highest BCUT2D eigenvalue weighted by Crippen LogP contribution is 2.27. The zero-order chi connectivity index (χ0) is 11.1. The van der Waals surface area contributed by atoms with E-state index in [0.29, 0.717) is 11.1 Å². The van der Waals surface area contributed by atoms with Crippen LogP contribution >= 0.6 is 0 Å². The standard InChI is InChI=1S/C10H11NO3S/c1-2-11(13)10(12)9-6-4-3-5-8(9)7-15(11)14/h3-6H,2,7H2,1H3. The van der Waals surface area contributed by atoms with E-state index in [4.69, 9.17) is 0 Å². The number of hydrogen-bond acceptors (Lipinski definition) is 3. The first-order valence-electron chi connectivity index (χ1n) is 4.70. The Morgan fingerprint density at radius 3 is 2.80 bits per heavy atom. The van der Waals surface area contributed by atoms with Gasteiger partial charge in [-0.25, -0.2) is 8.85 Å². The van der Waals surface area contributed by atoms with Crippen molar-refractivity contribution < 1.29 is 13.1 Å². The molecule has 4 nitrogen and oxygen atoms in total. The Kier molecular flexibility index (Phi) is 2.46. The summed E-state index contributed by atoms with van der Waals surface area (Å²) in [6.07, 6.45) is 0. The molecule has 0 spiro atoms. The SMILES string of the molecule is CC[N+]1([O-])C(=O)c2ccccc2CS1=O. The van der Waals surface area contributed by atoms with Gasteiger partial charge < -0.3 is 5.21 Å². The number of carbonyl (C=O) groups excluding carboxylic acids is 1. The van der Waals surface area contributed by atoms with E-state index in [1.54, 1.807) is 31.2 Å². The molecule has 0 aromatic heterocycles. The Hall–Kier alpha value is -1.04. The largest absolute Gasteiger partial charge is 0.610 e. The molecular weight excluding hydrogens is 214 g/mol. The molecule has 0 N–H and O–H groups in total. The van der Waals surface area contributed by atoms with E-state index in [1.165, 1.54) is 0 Å². The van der Waals surface area contributed by atoms with Crippen LogP contribution in [0.1, 0.15) is 22.8 Å². The normalized spacial score (nSPS) is 30.0. The highest BCUT2D eigenvalue weighted by Gasteiger charge is 2.40. The lowest BCUT2D eigenvalue weighted by atomic mass is 10.1. The zero-order valence-electron chi connectivity index (χ0n) is 8.30. The molecule has 1 aromatic carbocycles. The second kappa shape index (κ2) is 3.52.